The number of esters is 4. The Morgan fingerprint density at radius 3 is 2.25 bits per heavy atom. The second-order valence-corrected chi connectivity index (χ2v) is 7.99. The lowest BCUT2D eigenvalue weighted by atomic mass is 9.89. The number of benzene rings is 1. The molecule has 9 heteroatoms. The van der Waals surface area contributed by atoms with Gasteiger partial charge in [-0.25, -0.2) is 0 Å². The van der Waals surface area contributed by atoms with Gasteiger partial charge in [-0.3, -0.25) is 19.2 Å². The number of hydrogen-bond acceptors (Lipinski definition) is 9. The van der Waals surface area contributed by atoms with Crippen molar-refractivity contribution in [3.63, 3.8) is 0 Å². The minimum atomic E-state index is -0.990. The minimum absolute atomic E-state index is 0.0263. The number of ether oxygens (including phenoxy) is 4. The van der Waals surface area contributed by atoms with Crippen LogP contribution in [0.3, 0.4) is 0 Å². The smallest absolute Gasteiger partial charge is 0.323 e. The Hall–Kier alpha value is -2.94. The van der Waals surface area contributed by atoms with Gasteiger partial charge in [-0.2, -0.15) is 0 Å². The summed E-state index contributed by atoms with van der Waals surface area (Å²) in [5.41, 5.74) is 6.55. The molecule has 9 nitrogen and oxygen atoms in total. The quantitative estimate of drug-likeness (QED) is 0.446. The van der Waals surface area contributed by atoms with Crippen molar-refractivity contribution in [2.24, 2.45) is 11.7 Å². The Morgan fingerprint density at radius 2 is 1.62 bits per heavy atom. The highest BCUT2D eigenvalue weighted by Crippen LogP contribution is 2.29. The largest absolute Gasteiger partial charge is 0.462 e. The van der Waals surface area contributed by atoms with Crippen LogP contribution in [0.2, 0.25) is 0 Å². The van der Waals surface area contributed by atoms with E-state index in [1.165, 1.54) is 26.0 Å². The average molecular weight is 450 g/mol. The molecule has 0 heterocycles. The zero-order valence-corrected chi connectivity index (χ0v) is 18.8. The molecule has 0 saturated heterocycles. The van der Waals surface area contributed by atoms with Gasteiger partial charge < -0.3 is 24.7 Å². The van der Waals surface area contributed by atoms with E-state index in [0.717, 1.165) is 32.1 Å². The van der Waals surface area contributed by atoms with E-state index < -0.39 is 30.1 Å². The van der Waals surface area contributed by atoms with E-state index in [-0.39, 0.29) is 36.4 Å². The first kappa shape index (κ1) is 25.3. The molecule has 176 valence electrons. The zero-order chi connectivity index (χ0) is 23.7. The molecule has 0 bridgehead atoms. The Bertz CT molecular complexity index is 831. The first-order chi connectivity index (χ1) is 15.2. The van der Waals surface area contributed by atoms with Crippen LogP contribution in [0.15, 0.2) is 18.2 Å². The summed E-state index contributed by atoms with van der Waals surface area (Å²) in [5.74, 6) is -1.99. The zero-order valence-electron chi connectivity index (χ0n) is 18.8. The van der Waals surface area contributed by atoms with Gasteiger partial charge in [0.2, 0.25) is 0 Å². The lowest BCUT2D eigenvalue weighted by molar-refractivity contribution is -0.161. The van der Waals surface area contributed by atoms with Crippen LogP contribution in [0, 0.1) is 5.92 Å². The van der Waals surface area contributed by atoms with E-state index in [9.17, 15) is 19.2 Å². The van der Waals surface area contributed by atoms with E-state index in [1.54, 1.807) is 13.0 Å². The number of rotatable bonds is 9. The van der Waals surface area contributed by atoms with E-state index in [1.807, 2.05) is 0 Å². The SMILES string of the molecule is CC(=O)Oc1ccc(C[C@H](N)C(=O)O[C@@H](C)COC(=O)C2CCCCC2)cc1OC(C)=O. The van der Waals surface area contributed by atoms with Gasteiger partial charge in [0.25, 0.3) is 0 Å². The summed E-state index contributed by atoms with van der Waals surface area (Å²) < 4.78 is 20.7. The van der Waals surface area contributed by atoms with E-state index in [2.05, 4.69) is 0 Å². The maximum atomic E-state index is 12.3. The summed E-state index contributed by atoms with van der Waals surface area (Å²) in [6, 6.07) is 3.55. The summed E-state index contributed by atoms with van der Waals surface area (Å²) in [5, 5.41) is 0. The molecule has 32 heavy (non-hydrogen) atoms. The molecule has 0 spiro atoms. The van der Waals surface area contributed by atoms with E-state index in [0.29, 0.717) is 5.56 Å². The molecule has 1 aliphatic rings. The van der Waals surface area contributed by atoms with Gasteiger partial charge in [-0.15, -0.1) is 0 Å². The van der Waals surface area contributed by atoms with Gasteiger partial charge in [0, 0.05) is 13.8 Å². The van der Waals surface area contributed by atoms with Crippen molar-refractivity contribution in [2.75, 3.05) is 6.61 Å². The fraction of sp³-hybridized carbons (Fsp3) is 0.565. The van der Waals surface area contributed by atoms with Crippen molar-refractivity contribution in [1.82, 2.24) is 0 Å². The molecule has 0 aromatic heterocycles. The predicted octanol–water partition coefficient (Wildman–Crippen LogP) is 2.46. The van der Waals surface area contributed by atoms with Gasteiger partial charge in [-0.1, -0.05) is 25.3 Å². The molecular weight excluding hydrogens is 418 g/mol. The van der Waals surface area contributed by atoms with Gasteiger partial charge in [0.1, 0.15) is 18.8 Å². The molecule has 1 aromatic rings. The minimum Gasteiger partial charge on any atom is -0.462 e. The number of nitrogens with two attached hydrogens (primary N) is 1. The molecule has 2 N–H and O–H groups in total. The molecule has 1 aliphatic carbocycles. The van der Waals surface area contributed by atoms with Crippen LogP contribution in [0.4, 0.5) is 0 Å². The molecule has 1 fully saturated rings. The monoisotopic (exact) mass is 449 g/mol. The third-order valence-electron chi connectivity index (χ3n) is 4.99. The molecule has 1 saturated carbocycles. The Kier molecular flexibility index (Phi) is 9.64. The van der Waals surface area contributed by atoms with Crippen LogP contribution >= 0.6 is 0 Å². The Morgan fingerprint density at radius 1 is 1.00 bits per heavy atom. The topological polar surface area (TPSA) is 131 Å². The molecule has 2 atom stereocenters. The van der Waals surface area contributed by atoms with Crippen LogP contribution in [-0.4, -0.2) is 42.6 Å². The second kappa shape index (κ2) is 12.2. The van der Waals surface area contributed by atoms with Crippen LogP contribution in [0.5, 0.6) is 11.5 Å². The fourth-order valence-electron chi connectivity index (χ4n) is 3.47. The summed E-state index contributed by atoms with van der Waals surface area (Å²) in [6.45, 7) is 4.05. The van der Waals surface area contributed by atoms with Crippen molar-refractivity contribution in [2.45, 2.75) is 71.4 Å². The van der Waals surface area contributed by atoms with Gasteiger partial charge in [-0.05, 0) is 43.9 Å². The summed E-state index contributed by atoms with van der Waals surface area (Å²) in [4.78, 5) is 47.0. The Labute approximate surface area is 187 Å². The van der Waals surface area contributed by atoms with Crippen molar-refractivity contribution < 1.29 is 38.1 Å². The van der Waals surface area contributed by atoms with Crippen molar-refractivity contribution >= 4 is 23.9 Å². The highest BCUT2D eigenvalue weighted by atomic mass is 16.6. The standard InChI is InChI=1S/C23H31NO8/c1-14(13-29-22(27)18-7-5-4-6-8-18)30-23(28)19(24)11-17-9-10-20(31-15(2)25)21(12-17)32-16(3)26/h9-10,12,14,18-19H,4-8,11,13,24H2,1-3H3/t14-,19-/m0/s1. The third kappa shape index (κ3) is 8.30. The molecule has 0 amide bonds. The second-order valence-electron chi connectivity index (χ2n) is 7.99. The molecule has 0 unspecified atom stereocenters. The number of carbonyl (C=O) groups excluding carboxylic acids is 4. The van der Waals surface area contributed by atoms with Crippen LogP contribution in [-0.2, 0) is 35.1 Å². The van der Waals surface area contributed by atoms with Crippen molar-refractivity contribution in [3.8, 4) is 11.5 Å². The van der Waals surface area contributed by atoms with E-state index >= 15 is 0 Å². The van der Waals surface area contributed by atoms with Crippen LogP contribution in [0.1, 0.15) is 58.4 Å². The third-order valence-corrected chi connectivity index (χ3v) is 4.99. The van der Waals surface area contributed by atoms with Gasteiger partial charge in [0.05, 0.1) is 5.92 Å². The van der Waals surface area contributed by atoms with Crippen LogP contribution < -0.4 is 15.2 Å². The van der Waals surface area contributed by atoms with Gasteiger partial charge >= 0.3 is 23.9 Å². The van der Waals surface area contributed by atoms with Crippen LogP contribution in [0.25, 0.3) is 0 Å². The van der Waals surface area contributed by atoms with Crippen molar-refractivity contribution in [3.05, 3.63) is 23.8 Å². The lowest BCUT2D eigenvalue weighted by Crippen LogP contribution is -2.37. The molecule has 0 aliphatic heterocycles. The van der Waals surface area contributed by atoms with Gasteiger partial charge in [0.15, 0.2) is 11.5 Å². The molecule has 0 radical (unpaired) electrons. The Balaban J connectivity index is 1.88. The first-order valence-electron chi connectivity index (χ1n) is 10.8. The number of hydrogen-bond donors (Lipinski definition) is 1. The summed E-state index contributed by atoms with van der Waals surface area (Å²) in [6.07, 6.45) is 4.34. The highest BCUT2D eigenvalue weighted by Gasteiger charge is 2.24. The molecule has 1 aromatic carbocycles. The summed E-state index contributed by atoms with van der Waals surface area (Å²) in [7, 11) is 0. The normalized spacial score (nSPS) is 15.9. The van der Waals surface area contributed by atoms with Crippen molar-refractivity contribution in [1.29, 1.82) is 0 Å². The first-order valence-corrected chi connectivity index (χ1v) is 10.8. The predicted molar refractivity (Wildman–Crippen MR) is 114 cm³/mol. The maximum Gasteiger partial charge on any atom is 0.323 e. The fourth-order valence-corrected chi connectivity index (χ4v) is 3.47. The number of carbonyl (C=O) groups is 4. The maximum absolute atomic E-state index is 12.3. The summed E-state index contributed by atoms with van der Waals surface area (Å²) >= 11 is 0. The molecule has 2 rings (SSSR count). The van der Waals surface area contributed by atoms with E-state index in [4.69, 9.17) is 24.7 Å². The average Bonchev–Trinajstić information content (AvgIpc) is 2.73. The lowest BCUT2D eigenvalue weighted by Gasteiger charge is -2.21. The highest BCUT2D eigenvalue weighted by molar-refractivity contribution is 5.77. The molecular formula is C23H31NO8.